The molecule has 0 unspecified atom stereocenters. The van der Waals surface area contributed by atoms with Gasteiger partial charge in [0.15, 0.2) is 0 Å². The van der Waals surface area contributed by atoms with Gasteiger partial charge in [-0.15, -0.1) is 11.3 Å². The second kappa shape index (κ2) is 7.61. The van der Waals surface area contributed by atoms with Gasteiger partial charge in [-0.05, 0) is 33.6 Å². The monoisotopic (exact) mass is 403 g/mol. The average Bonchev–Trinajstić information content (AvgIpc) is 2.94. The third-order valence-electron chi connectivity index (χ3n) is 3.39. The summed E-state index contributed by atoms with van der Waals surface area (Å²) < 4.78 is 5.40. The Hall–Kier alpha value is -1.15. The summed E-state index contributed by atoms with van der Waals surface area (Å²) in [5, 5.41) is 3.58. The van der Waals surface area contributed by atoms with Crippen LogP contribution >= 0.6 is 27.3 Å². The maximum absolute atomic E-state index is 12.3. The first kappa shape index (κ1) is 18.2. The van der Waals surface area contributed by atoms with Crippen LogP contribution in [0.1, 0.15) is 49.0 Å². The van der Waals surface area contributed by atoms with E-state index >= 15 is 0 Å². The Morgan fingerprint density at radius 1 is 1.52 bits per heavy atom. The molecule has 2 rings (SSSR count). The van der Waals surface area contributed by atoms with E-state index in [1.54, 1.807) is 10.4 Å². The summed E-state index contributed by atoms with van der Waals surface area (Å²) in [7, 11) is 0. The minimum Gasteiger partial charge on any atom is -0.444 e. The van der Waals surface area contributed by atoms with E-state index < -0.39 is 5.60 Å². The fourth-order valence-corrected chi connectivity index (χ4v) is 3.66. The maximum atomic E-state index is 12.3. The molecule has 23 heavy (non-hydrogen) atoms. The van der Waals surface area contributed by atoms with Crippen molar-refractivity contribution in [2.24, 2.45) is 0 Å². The highest BCUT2D eigenvalue weighted by Gasteiger charge is 2.29. The summed E-state index contributed by atoms with van der Waals surface area (Å²) in [5.41, 5.74) is 1.61. The van der Waals surface area contributed by atoms with E-state index in [2.05, 4.69) is 26.2 Å². The van der Waals surface area contributed by atoms with E-state index in [1.807, 2.05) is 20.8 Å². The van der Waals surface area contributed by atoms with Crippen LogP contribution in [0.15, 0.2) is 5.51 Å². The average molecular weight is 404 g/mol. The Kier molecular flexibility index (Phi) is 6.02. The number of ether oxygens (including phenoxy) is 1. The Labute approximate surface area is 148 Å². The van der Waals surface area contributed by atoms with Crippen LogP contribution in [0.2, 0.25) is 0 Å². The van der Waals surface area contributed by atoms with Gasteiger partial charge in [-0.2, -0.15) is 0 Å². The summed E-state index contributed by atoms with van der Waals surface area (Å²) >= 11 is 4.81. The topological polar surface area (TPSA) is 71.5 Å². The quantitative estimate of drug-likeness (QED) is 0.786. The number of thiazole rings is 1. The lowest BCUT2D eigenvalue weighted by molar-refractivity contribution is 0.0185. The summed E-state index contributed by atoms with van der Waals surface area (Å²) in [6.45, 7) is 6.66. The molecule has 6 nitrogen and oxygen atoms in total. The Balaban J connectivity index is 1.94. The maximum Gasteiger partial charge on any atom is 0.410 e. The molecule has 0 aliphatic carbocycles. The molecule has 1 aromatic heterocycles. The molecule has 0 aromatic carbocycles. The number of alkyl halides is 1. The molecule has 1 saturated heterocycles. The van der Waals surface area contributed by atoms with Crippen molar-refractivity contribution >= 4 is 39.3 Å². The fourth-order valence-electron chi connectivity index (χ4n) is 2.39. The van der Waals surface area contributed by atoms with E-state index in [-0.39, 0.29) is 18.0 Å². The highest BCUT2D eigenvalue weighted by atomic mass is 79.9. The predicted molar refractivity (Wildman–Crippen MR) is 93.0 cm³/mol. The van der Waals surface area contributed by atoms with Crippen LogP contribution in [-0.2, 0) is 10.1 Å². The Morgan fingerprint density at radius 3 is 2.91 bits per heavy atom. The first-order valence-corrected chi connectivity index (χ1v) is 9.57. The molecule has 2 heterocycles. The van der Waals surface area contributed by atoms with Crippen LogP contribution in [-0.4, -0.2) is 46.6 Å². The molecule has 8 heteroatoms. The molecule has 1 N–H and O–H groups in total. The minimum absolute atomic E-state index is 0.0753. The molecule has 1 aliphatic rings. The largest absolute Gasteiger partial charge is 0.444 e. The number of amides is 2. The van der Waals surface area contributed by atoms with Gasteiger partial charge in [0.2, 0.25) is 0 Å². The van der Waals surface area contributed by atoms with Crippen LogP contribution in [0, 0.1) is 0 Å². The molecule has 0 saturated carbocycles. The number of rotatable bonds is 3. The van der Waals surface area contributed by atoms with Crippen LogP contribution in [0.25, 0.3) is 0 Å². The zero-order chi connectivity index (χ0) is 17.0. The lowest BCUT2D eigenvalue weighted by Gasteiger charge is -2.34. The van der Waals surface area contributed by atoms with Crippen LogP contribution < -0.4 is 5.32 Å². The Bertz CT molecular complexity index is 571. The second-order valence-corrected chi connectivity index (χ2v) is 8.00. The highest BCUT2D eigenvalue weighted by Crippen LogP contribution is 2.19. The molecule has 1 fully saturated rings. The molecule has 0 spiro atoms. The van der Waals surface area contributed by atoms with E-state index in [0.29, 0.717) is 24.1 Å². The molecule has 1 atom stereocenters. The lowest BCUT2D eigenvalue weighted by Crippen LogP contribution is -2.50. The number of hydrogen-bond donors (Lipinski definition) is 1. The molecule has 2 amide bonds. The predicted octanol–water partition coefficient (Wildman–Crippen LogP) is 3.17. The van der Waals surface area contributed by atoms with Crippen LogP contribution in [0.4, 0.5) is 4.79 Å². The fraction of sp³-hybridized carbons (Fsp3) is 0.667. The van der Waals surface area contributed by atoms with Crippen molar-refractivity contribution in [2.45, 2.75) is 50.6 Å². The van der Waals surface area contributed by atoms with Crippen molar-refractivity contribution in [1.29, 1.82) is 0 Å². The molecule has 0 radical (unpaired) electrons. The number of carbonyl (C=O) groups excluding carboxylic acids is 2. The van der Waals surface area contributed by atoms with E-state index in [4.69, 9.17) is 4.74 Å². The zero-order valence-electron chi connectivity index (χ0n) is 13.6. The summed E-state index contributed by atoms with van der Waals surface area (Å²) in [6.07, 6.45) is 1.36. The number of aromatic nitrogens is 1. The summed E-state index contributed by atoms with van der Waals surface area (Å²) in [4.78, 5) is 31.2. The van der Waals surface area contributed by atoms with Gasteiger partial charge in [0.25, 0.3) is 5.91 Å². The standard InChI is InChI=1S/C15H22BrN3O3S/c1-15(2,3)22-14(21)19-6-4-5-10(8-19)18-13(20)12-11(7-16)23-9-17-12/h9-10H,4-8H2,1-3H3,(H,18,20)/t10-/m0/s1. The van der Waals surface area contributed by atoms with E-state index in [1.165, 1.54) is 11.3 Å². The first-order chi connectivity index (χ1) is 10.8. The normalized spacial score (nSPS) is 18.6. The van der Waals surface area contributed by atoms with Gasteiger partial charge in [0.05, 0.1) is 5.51 Å². The molecule has 1 aromatic rings. The molecule has 1 aliphatic heterocycles. The third kappa shape index (κ3) is 5.17. The number of nitrogens with one attached hydrogen (secondary N) is 1. The molecule has 0 bridgehead atoms. The number of nitrogens with zero attached hydrogens (tertiary/aromatic N) is 2. The van der Waals surface area contributed by atoms with Crippen molar-refractivity contribution in [2.75, 3.05) is 13.1 Å². The number of piperidine rings is 1. The summed E-state index contributed by atoms with van der Waals surface area (Å²) in [5.74, 6) is -0.184. The van der Waals surface area contributed by atoms with Gasteiger partial charge < -0.3 is 15.0 Å². The number of carbonyl (C=O) groups is 2. The van der Waals surface area contributed by atoms with Crippen molar-refractivity contribution in [3.63, 3.8) is 0 Å². The van der Waals surface area contributed by atoms with Crippen LogP contribution in [0.5, 0.6) is 0 Å². The lowest BCUT2D eigenvalue weighted by atomic mass is 10.1. The molecular weight excluding hydrogens is 382 g/mol. The summed E-state index contributed by atoms with van der Waals surface area (Å²) in [6, 6.07) is -0.0753. The second-order valence-electron chi connectivity index (χ2n) is 6.50. The van der Waals surface area contributed by atoms with E-state index in [9.17, 15) is 9.59 Å². The molecule has 128 valence electrons. The smallest absolute Gasteiger partial charge is 0.410 e. The Morgan fingerprint density at radius 2 is 2.26 bits per heavy atom. The number of hydrogen-bond acceptors (Lipinski definition) is 5. The highest BCUT2D eigenvalue weighted by molar-refractivity contribution is 9.08. The minimum atomic E-state index is -0.515. The van der Waals surface area contributed by atoms with Gasteiger partial charge in [-0.3, -0.25) is 4.79 Å². The number of halogens is 1. The number of likely N-dealkylation sites (tertiary alicyclic amines) is 1. The van der Waals surface area contributed by atoms with Crippen molar-refractivity contribution < 1.29 is 14.3 Å². The van der Waals surface area contributed by atoms with Crippen molar-refractivity contribution in [3.05, 3.63) is 16.1 Å². The van der Waals surface area contributed by atoms with Gasteiger partial charge in [0, 0.05) is 29.3 Å². The van der Waals surface area contributed by atoms with Crippen LogP contribution in [0.3, 0.4) is 0 Å². The van der Waals surface area contributed by atoms with Gasteiger partial charge >= 0.3 is 6.09 Å². The van der Waals surface area contributed by atoms with E-state index in [0.717, 1.165) is 17.7 Å². The van der Waals surface area contributed by atoms with Crippen molar-refractivity contribution in [1.82, 2.24) is 15.2 Å². The third-order valence-corrected chi connectivity index (χ3v) is 5.15. The van der Waals surface area contributed by atoms with Crippen molar-refractivity contribution in [3.8, 4) is 0 Å². The van der Waals surface area contributed by atoms with Gasteiger partial charge in [-0.1, -0.05) is 15.9 Å². The van der Waals surface area contributed by atoms with Gasteiger partial charge in [0.1, 0.15) is 11.3 Å². The zero-order valence-corrected chi connectivity index (χ0v) is 16.0. The first-order valence-electron chi connectivity index (χ1n) is 7.57. The SMILES string of the molecule is CC(C)(C)OC(=O)N1CCC[C@H](NC(=O)c2ncsc2CBr)C1. The van der Waals surface area contributed by atoms with Gasteiger partial charge in [-0.25, -0.2) is 9.78 Å². The molecular formula is C15H22BrN3O3S.